The standard InChI is InChI=1S/C12H18N2O3/c1-8(13)10-4-3-9(16-2)7-11(10)17-6-5-12(14)15/h3-4,7-8H,5-6,13H2,1-2H3,(H2,14,15)/t8-/m1/s1. The fourth-order valence-electron chi connectivity index (χ4n) is 1.40. The van der Waals surface area contributed by atoms with Crippen molar-refractivity contribution in [3.05, 3.63) is 23.8 Å². The SMILES string of the molecule is COc1ccc([C@@H](C)N)c(OCCC(N)=O)c1. The molecule has 0 aliphatic heterocycles. The lowest BCUT2D eigenvalue weighted by Gasteiger charge is -2.14. The average Bonchev–Trinajstić information content (AvgIpc) is 2.28. The number of carbonyl (C=O) groups is 1. The van der Waals surface area contributed by atoms with E-state index in [0.29, 0.717) is 11.5 Å². The lowest BCUT2D eigenvalue weighted by molar-refractivity contribution is -0.118. The molecule has 0 aliphatic carbocycles. The third kappa shape index (κ3) is 3.96. The van der Waals surface area contributed by atoms with E-state index in [1.54, 1.807) is 13.2 Å². The summed E-state index contributed by atoms with van der Waals surface area (Å²) in [7, 11) is 1.58. The molecule has 17 heavy (non-hydrogen) atoms. The molecule has 0 saturated heterocycles. The maximum atomic E-state index is 10.6. The van der Waals surface area contributed by atoms with Crippen molar-refractivity contribution in [1.29, 1.82) is 0 Å². The van der Waals surface area contributed by atoms with Crippen LogP contribution in [0.4, 0.5) is 0 Å². The zero-order valence-corrected chi connectivity index (χ0v) is 10.1. The third-order valence-corrected chi connectivity index (χ3v) is 2.32. The molecule has 1 atom stereocenters. The zero-order chi connectivity index (χ0) is 12.8. The number of amides is 1. The topological polar surface area (TPSA) is 87.6 Å². The van der Waals surface area contributed by atoms with Gasteiger partial charge in [0.2, 0.25) is 5.91 Å². The van der Waals surface area contributed by atoms with E-state index in [2.05, 4.69) is 0 Å². The van der Waals surface area contributed by atoms with Crippen LogP contribution in [-0.4, -0.2) is 19.6 Å². The van der Waals surface area contributed by atoms with E-state index in [-0.39, 0.29) is 19.1 Å². The van der Waals surface area contributed by atoms with Gasteiger partial charge in [0.15, 0.2) is 0 Å². The molecule has 5 heteroatoms. The Morgan fingerprint density at radius 2 is 2.18 bits per heavy atom. The highest BCUT2D eigenvalue weighted by atomic mass is 16.5. The Morgan fingerprint density at radius 3 is 2.71 bits per heavy atom. The van der Waals surface area contributed by atoms with E-state index in [1.165, 1.54) is 0 Å². The number of methoxy groups -OCH3 is 1. The van der Waals surface area contributed by atoms with Gasteiger partial charge in [0.1, 0.15) is 11.5 Å². The number of nitrogens with two attached hydrogens (primary N) is 2. The Kier molecular flexibility index (Phi) is 4.78. The van der Waals surface area contributed by atoms with Crippen LogP contribution in [0, 0.1) is 0 Å². The second-order valence-corrected chi connectivity index (χ2v) is 3.76. The van der Waals surface area contributed by atoms with Gasteiger partial charge in [-0.05, 0) is 13.0 Å². The Bertz CT molecular complexity index is 391. The lowest BCUT2D eigenvalue weighted by Crippen LogP contribution is -2.15. The summed E-state index contributed by atoms with van der Waals surface area (Å²) in [6, 6.07) is 5.27. The van der Waals surface area contributed by atoms with Crippen LogP contribution in [-0.2, 0) is 4.79 Å². The molecule has 94 valence electrons. The fourth-order valence-corrected chi connectivity index (χ4v) is 1.40. The van der Waals surface area contributed by atoms with E-state index in [0.717, 1.165) is 5.56 Å². The van der Waals surface area contributed by atoms with Gasteiger partial charge in [-0.2, -0.15) is 0 Å². The van der Waals surface area contributed by atoms with Gasteiger partial charge in [-0.25, -0.2) is 0 Å². The number of rotatable bonds is 6. The fraction of sp³-hybridized carbons (Fsp3) is 0.417. The van der Waals surface area contributed by atoms with Crippen molar-refractivity contribution in [2.75, 3.05) is 13.7 Å². The molecule has 1 aromatic carbocycles. The molecule has 0 fully saturated rings. The van der Waals surface area contributed by atoms with E-state index >= 15 is 0 Å². The van der Waals surface area contributed by atoms with Gasteiger partial charge in [0, 0.05) is 17.7 Å². The molecular formula is C12H18N2O3. The third-order valence-electron chi connectivity index (χ3n) is 2.32. The van der Waals surface area contributed by atoms with Gasteiger partial charge in [0.05, 0.1) is 20.1 Å². The number of primary amides is 1. The van der Waals surface area contributed by atoms with E-state index < -0.39 is 5.91 Å². The number of carbonyl (C=O) groups excluding carboxylic acids is 1. The number of hydrogen-bond acceptors (Lipinski definition) is 4. The molecule has 0 aliphatic rings. The first-order valence-electron chi connectivity index (χ1n) is 5.39. The zero-order valence-electron chi connectivity index (χ0n) is 10.1. The highest BCUT2D eigenvalue weighted by molar-refractivity contribution is 5.73. The molecule has 0 aromatic heterocycles. The number of hydrogen-bond donors (Lipinski definition) is 2. The molecule has 1 rings (SSSR count). The minimum Gasteiger partial charge on any atom is -0.497 e. The molecular weight excluding hydrogens is 220 g/mol. The summed E-state index contributed by atoms with van der Waals surface area (Å²) < 4.78 is 10.6. The minimum atomic E-state index is -0.393. The second-order valence-electron chi connectivity index (χ2n) is 3.76. The van der Waals surface area contributed by atoms with Crippen LogP contribution in [0.2, 0.25) is 0 Å². The van der Waals surface area contributed by atoms with Crippen LogP contribution >= 0.6 is 0 Å². The van der Waals surface area contributed by atoms with Crippen molar-refractivity contribution in [2.45, 2.75) is 19.4 Å². The molecule has 0 unspecified atom stereocenters. The molecule has 4 N–H and O–H groups in total. The van der Waals surface area contributed by atoms with Gasteiger partial charge >= 0.3 is 0 Å². The molecule has 0 heterocycles. The summed E-state index contributed by atoms with van der Waals surface area (Å²) in [5.41, 5.74) is 11.7. The second kappa shape index (κ2) is 6.10. The first-order chi connectivity index (χ1) is 8.04. The van der Waals surface area contributed by atoms with Gasteiger partial charge in [-0.1, -0.05) is 6.07 Å². The van der Waals surface area contributed by atoms with E-state index in [1.807, 2.05) is 19.1 Å². The van der Waals surface area contributed by atoms with Crippen LogP contribution in [0.15, 0.2) is 18.2 Å². The van der Waals surface area contributed by atoms with Gasteiger partial charge in [0.25, 0.3) is 0 Å². The molecule has 0 saturated carbocycles. The Morgan fingerprint density at radius 1 is 1.47 bits per heavy atom. The van der Waals surface area contributed by atoms with Gasteiger partial charge in [-0.3, -0.25) is 4.79 Å². The van der Waals surface area contributed by atoms with E-state index in [4.69, 9.17) is 20.9 Å². The maximum Gasteiger partial charge on any atom is 0.220 e. The minimum absolute atomic E-state index is 0.149. The Balaban J connectivity index is 2.81. The van der Waals surface area contributed by atoms with Crippen LogP contribution in [0.3, 0.4) is 0 Å². The number of benzene rings is 1. The van der Waals surface area contributed by atoms with Crippen molar-refractivity contribution in [3.63, 3.8) is 0 Å². The van der Waals surface area contributed by atoms with Crippen LogP contribution in [0.1, 0.15) is 24.9 Å². The predicted octanol–water partition coefficient (Wildman–Crippen LogP) is 0.969. The highest BCUT2D eigenvalue weighted by Gasteiger charge is 2.10. The molecule has 0 spiro atoms. The van der Waals surface area contributed by atoms with Crippen molar-refractivity contribution in [1.82, 2.24) is 0 Å². The largest absolute Gasteiger partial charge is 0.497 e. The smallest absolute Gasteiger partial charge is 0.220 e. The van der Waals surface area contributed by atoms with Gasteiger partial charge < -0.3 is 20.9 Å². The van der Waals surface area contributed by atoms with Crippen LogP contribution in [0.5, 0.6) is 11.5 Å². The van der Waals surface area contributed by atoms with Crippen LogP contribution < -0.4 is 20.9 Å². The Hall–Kier alpha value is -1.75. The summed E-state index contributed by atoms with van der Waals surface area (Å²) in [5.74, 6) is 0.916. The molecule has 0 bridgehead atoms. The van der Waals surface area contributed by atoms with Crippen molar-refractivity contribution in [2.24, 2.45) is 11.5 Å². The molecule has 1 amide bonds. The summed E-state index contributed by atoms with van der Waals surface area (Å²) >= 11 is 0. The Labute approximate surface area is 101 Å². The summed E-state index contributed by atoms with van der Waals surface area (Å²) in [6.07, 6.45) is 0.176. The number of ether oxygens (including phenoxy) is 2. The molecule has 1 aromatic rings. The first kappa shape index (κ1) is 13.3. The average molecular weight is 238 g/mol. The molecule has 5 nitrogen and oxygen atoms in total. The summed E-state index contributed by atoms with van der Waals surface area (Å²) in [4.78, 5) is 10.6. The first-order valence-corrected chi connectivity index (χ1v) is 5.39. The van der Waals surface area contributed by atoms with Gasteiger partial charge in [-0.15, -0.1) is 0 Å². The maximum absolute atomic E-state index is 10.6. The lowest BCUT2D eigenvalue weighted by atomic mass is 10.1. The van der Waals surface area contributed by atoms with Crippen molar-refractivity contribution >= 4 is 5.91 Å². The predicted molar refractivity (Wildman–Crippen MR) is 64.9 cm³/mol. The quantitative estimate of drug-likeness (QED) is 0.773. The van der Waals surface area contributed by atoms with E-state index in [9.17, 15) is 4.79 Å². The monoisotopic (exact) mass is 238 g/mol. The normalized spacial score (nSPS) is 11.9. The van der Waals surface area contributed by atoms with Crippen molar-refractivity contribution in [3.8, 4) is 11.5 Å². The molecule has 0 radical (unpaired) electrons. The highest BCUT2D eigenvalue weighted by Crippen LogP contribution is 2.28. The summed E-state index contributed by atoms with van der Waals surface area (Å²) in [5, 5.41) is 0. The summed E-state index contributed by atoms with van der Waals surface area (Å²) in [6.45, 7) is 2.10. The van der Waals surface area contributed by atoms with Crippen molar-refractivity contribution < 1.29 is 14.3 Å². The van der Waals surface area contributed by atoms with Crippen LogP contribution in [0.25, 0.3) is 0 Å².